The second kappa shape index (κ2) is 9.87. The van der Waals surface area contributed by atoms with E-state index in [-0.39, 0.29) is 41.6 Å². The number of H-pyrrole nitrogens is 1. The van der Waals surface area contributed by atoms with Crippen molar-refractivity contribution in [1.29, 1.82) is 0 Å². The van der Waals surface area contributed by atoms with Crippen molar-refractivity contribution < 1.29 is 27.8 Å². The van der Waals surface area contributed by atoms with Crippen molar-refractivity contribution in [2.24, 2.45) is 11.8 Å². The van der Waals surface area contributed by atoms with E-state index < -0.39 is 41.4 Å². The van der Waals surface area contributed by atoms with Gasteiger partial charge in [0.1, 0.15) is 28.9 Å². The number of hydrogen-bond acceptors (Lipinski definition) is 14. The Bertz CT molecular complexity index is 1860. The molecule has 0 aromatic carbocycles. The van der Waals surface area contributed by atoms with Crippen molar-refractivity contribution in [3.63, 3.8) is 0 Å². The Kier molecular flexibility index (Phi) is 6.65. The summed E-state index contributed by atoms with van der Waals surface area (Å²) in [5, 5.41) is -1.39. The smallest absolute Gasteiger partial charge is 0.327 e. The maximum Gasteiger partial charge on any atom is 0.327 e. The SMILES string of the molecule is CC(C)CC12C[C@]3(COP(O)(=S)O[C@H](F)[C@@H](S)n4cnc5c(=O)[nH]c(N)nc54)O[C@@H](n4cnc5c(N)ncnc54)[C@H](O1)[C@H]23. The van der Waals surface area contributed by atoms with E-state index in [1.165, 1.54) is 6.33 Å². The highest BCUT2D eigenvalue weighted by Crippen LogP contribution is 2.71. The lowest BCUT2D eigenvalue weighted by Crippen LogP contribution is -2.77. The number of halogens is 1. The predicted molar refractivity (Wildman–Crippen MR) is 157 cm³/mol. The molecule has 2 aliphatic heterocycles. The van der Waals surface area contributed by atoms with Crippen LogP contribution in [0.15, 0.2) is 23.8 Å². The monoisotopic (exact) mass is 654 g/mol. The van der Waals surface area contributed by atoms with Crippen LogP contribution in [0.1, 0.15) is 38.3 Å². The summed E-state index contributed by atoms with van der Waals surface area (Å²) in [5.74, 6) is 0.312. The van der Waals surface area contributed by atoms with Gasteiger partial charge in [0, 0.05) is 6.42 Å². The molecule has 0 radical (unpaired) electrons. The number of hydrogen-bond donors (Lipinski definition) is 5. The zero-order chi connectivity index (χ0) is 30.5. The van der Waals surface area contributed by atoms with Gasteiger partial charge in [0.25, 0.3) is 5.56 Å². The first-order valence-electron chi connectivity index (χ1n) is 13.3. The number of aromatic amines is 1. The number of nitrogens with one attached hydrogen (secondary N) is 1. The number of nitrogen functional groups attached to an aromatic ring is 2. The fourth-order valence-corrected chi connectivity index (χ4v) is 8.29. The number of ether oxygens (including phenoxy) is 2. The third-order valence-electron chi connectivity index (χ3n) is 8.16. The molecule has 8 atom stereocenters. The molecule has 16 nitrogen and oxygen atoms in total. The Morgan fingerprint density at radius 1 is 1.23 bits per heavy atom. The van der Waals surface area contributed by atoms with E-state index in [0.717, 1.165) is 17.3 Å². The van der Waals surface area contributed by atoms with E-state index in [1.54, 1.807) is 10.9 Å². The van der Waals surface area contributed by atoms with Gasteiger partial charge in [0.05, 0.1) is 30.8 Å². The van der Waals surface area contributed by atoms with Gasteiger partial charge in [-0.15, -0.1) is 12.6 Å². The lowest BCUT2D eigenvalue weighted by Gasteiger charge is -2.66. The minimum Gasteiger partial charge on any atom is -0.382 e. The number of anilines is 2. The van der Waals surface area contributed by atoms with Gasteiger partial charge in [-0.05, 0) is 24.1 Å². The van der Waals surface area contributed by atoms with Crippen LogP contribution in [0.2, 0.25) is 0 Å². The van der Waals surface area contributed by atoms with Gasteiger partial charge in [-0.3, -0.25) is 23.4 Å². The molecule has 4 aromatic heterocycles. The van der Waals surface area contributed by atoms with Crippen molar-refractivity contribution in [2.75, 3.05) is 18.1 Å². The lowest BCUT2D eigenvalue weighted by atomic mass is 9.51. The quantitative estimate of drug-likeness (QED) is 0.121. The average Bonchev–Trinajstić information content (AvgIpc) is 3.56. The van der Waals surface area contributed by atoms with Crippen LogP contribution in [0.25, 0.3) is 22.3 Å². The summed E-state index contributed by atoms with van der Waals surface area (Å²) in [6.07, 6.45) is 2.12. The van der Waals surface area contributed by atoms with Crippen molar-refractivity contribution in [3.8, 4) is 0 Å². The zero-order valence-electron chi connectivity index (χ0n) is 22.8. The van der Waals surface area contributed by atoms with E-state index in [1.807, 2.05) is 0 Å². The van der Waals surface area contributed by atoms with Crippen LogP contribution in [0.3, 0.4) is 0 Å². The molecule has 7 rings (SSSR count). The molecule has 0 amide bonds. The summed E-state index contributed by atoms with van der Waals surface area (Å²) in [7, 11) is 0. The lowest BCUT2D eigenvalue weighted by molar-refractivity contribution is -0.348. The van der Waals surface area contributed by atoms with Gasteiger partial charge in [0.15, 0.2) is 28.9 Å². The van der Waals surface area contributed by atoms with Crippen LogP contribution in [0.4, 0.5) is 16.2 Å². The fraction of sp³-hybridized carbons (Fsp3) is 0.565. The molecule has 1 saturated carbocycles. The highest BCUT2D eigenvalue weighted by Gasteiger charge is 2.81. The number of rotatable bonds is 10. The van der Waals surface area contributed by atoms with Crippen LogP contribution in [-0.2, 0) is 30.3 Å². The second-order valence-corrected chi connectivity index (χ2v) is 14.8. The summed E-state index contributed by atoms with van der Waals surface area (Å²) in [6, 6.07) is 0. The summed E-state index contributed by atoms with van der Waals surface area (Å²) in [5.41, 5.74) is 10.5. The van der Waals surface area contributed by atoms with Crippen molar-refractivity contribution in [2.45, 2.75) is 62.0 Å². The number of fused-ring (bicyclic) bond motifs is 2. The third-order valence-corrected chi connectivity index (χ3v) is 10.1. The van der Waals surface area contributed by atoms with E-state index in [4.69, 9.17) is 41.8 Å². The largest absolute Gasteiger partial charge is 0.382 e. The van der Waals surface area contributed by atoms with Gasteiger partial charge >= 0.3 is 6.72 Å². The molecule has 20 heteroatoms. The minimum atomic E-state index is -4.17. The highest BCUT2D eigenvalue weighted by atomic mass is 32.5. The average molecular weight is 655 g/mol. The van der Waals surface area contributed by atoms with Crippen molar-refractivity contribution in [1.82, 2.24) is 39.0 Å². The molecule has 0 spiro atoms. The Morgan fingerprint density at radius 3 is 2.77 bits per heavy atom. The Balaban J connectivity index is 1.09. The highest BCUT2D eigenvalue weighted by molar-refractivity contribution is 8.07. The molecule has 2 saturated heterocycles. The molecule has 6 N–H and O–H groups in total. The summed E-state index contributed by atoms with van der Waals surface area (Å²) in [4.78, 5) is 45.9. The molecule has 1 aliphatic carbocycles. The molecule has 230 valence electrons. The van der Waals surface area contributed by atoms with Gasteiger partial charge in [-0.25, -0.2) is 24.3 Å². The fourth-order valence-electron chi connectivity index (χ4n) is 6.75. The van der Waals surface area contributed by atoms with E-state index >= 15 is 4.39 Å². The minimum absolute atomic E-state index is 0.0185. The van der Waals surface area contributed by atoms with Crippen LogP contribution in [0.5, 0.6) is 0 Å². The van der Waals surface area contributed by atoms with Gasteiger partial charge < -0.3 is 30.4 Å². The van der Waals surface area contributed by atoms with Crippen molar-refractivity contribution >= 4 is 65.2 Å². The number of imidazole rings is 2. The first-order valence-corrected chi connectivity index (χ1v) is 16.4. The van der Waals surface area contributed by atoms with E-state index in [2.05, 4.69) is 56.4 Å². The number of nitrogens with two attached hydrogens (primary N) is 2. The van der Waals surface area contributed by atoms with E-state index in [0.29, 0.717) is 23.5 Å². The van der Waals surface area contributed by atoms with Gasteiger partial charge in [-0.1, -0.05) is 13.8 Å². The summed E-state index contributed by atoms with van der Waals surface area (Å²) < 4.78 is 42.1. The topological polar surface area (TPSA) is 216 Å². The molecular formula is C23H28FN10O6PS2. The normalized spacial score (nSPS) is 30.6. The van der Waals surface area contributed by atoms with Crippen LogP contribution in [-0.4, -0.2) is 74.2 Å². The van der Waals surface area contributed by atoms with Crippen LogP contribution < -0.4 is 17.0 Å². The van der Waals surface area contributed by atoms with E-state index in [9.17, 15) is 9.69 Å². The Morgan fingerprint density at radius 2 is 2.00 bits per heavy atom. The molecule has 2 unspecified atom stereocenters. The standard InChI is InChI=1S/C23H28FN10O6PS2/c1-9(2)3-22-4-23(13(22)12(38-22)19(39-23)33-7-29-10-15(25)27-6-28-16(10)33)5-37-41(36,43)40-14(24)20(42)34-8-30-11-17(34)31-21(26)32-18(11)35/h6-9,12-14,19-20,42H,3-5H2,1-2H3,(H,36,43)(H2,25,27,28)(H3,26,31,32,35)/t12-,13-,14+,19-,20-,22?,23-,41?/m1/s1. The number of nitrogens with zero attached hydrogens (tertiary/aromatic N) is 7. The summed E-state index contributed by atoms with van der Waals surface area (Å²) in [6.45, 7) is -0.117. The number of aromatic nitrogens is 8. The molecule has 4 aromatic rings. The van der Waals surface area contributed by atoms with Gasteiger partial charge in [0.2, 0.25) is 12.3 Å². The molecule has 43 heavy (non-hydrogen) atoms. The molecular weight excluding hydrogens is 626 g/mol. The first-order chi connectivity index (χ1) is 20.3. The third kappa shape index (κ3) is 4.48. The number of alkyl halides is 1. The molecule has 6 heterocycles. The second-order valence-electron chi connectivity index (χ2n) is 11.4. The first kappa shape index (κ1) is 29.0. The summed E-state index contributed by atoms with van der Waals surface area (Å²) >= 11 is 9.42. The zero-order valence-corrected chi connectivity index (χ0v) is 25.4. The molecule has 3 aliphatic rings. The van der Waals surface area contributed by atoms with Crippen LogP contribution >= 0.6 is 19.3 Å². The van der Waals surface area contributed by atoms with Crippen LogP contribution in [0, 0.1) is 11.8 Å². The maximum absolute atomic E-state index is 15.3. The Hall–Kier alpha value is -2.77. The predicted octanol–water partition coefficient (Wildman–Crippen LogP) is 1.57. The van der Waals surface area contributed by atoms with Gasteiger partial charge in [-0.2, -0.15) is 4.98 Å². The van der Waals surface area contributed by atoms with Crippen molar-refractivity contribution in [3.05, 3.63) is 29.3 Å². The molecule has 3 fully saturated rings. The maximum atomic E-state index is 15.3. The Labute approximate surface area is 253 Å². The number of thiol groups is 1. The molecule has 0 bridgehead atoms.